The first-order valence-corrected chi connectivity index (χ1v) is 8.61. The fourth-order valence-electron chi connectivity index (χ4n) is 2.31. The summed E-state index contributed by atoms with van der Waals surface area (Å²) in [6.45, 7) is 3.72. The molecule has 3 aromatic heterocycles. The van der Waals surface area contributed by atoms with Gasteiger partial charge in [-0.25, -0.2) is 0 Å². The van der Waals surface area contributed by atoms with Crippen LogP contribution in [0.25, 0.3) is 11.5 Å². The van der Waals surface area contributed by atoms with Gasteiger partial charge < -0.3 is 19.1 Å². The SMILES string of the molecule is Cc1cc(-c2nnc(CSc3nnc(CCC(N)=O)n3C)o2)c(C)o1. The van der Waals surface area contributed by atoms with Gasteiger partial charge in [0.2, 0.25) is 11.8 Å². The summed E-state index contributed by atoms with van der Waals surface area (Å²) in [5.41, 5.74) is 5.96. The zero-order chi connectivity index (χ0) is 18.0. The van der Waals surface area contributed by atoms with E-state index in [1.165, 1.54) is 11.8 Å². The number of thioether (sulfide) groups is 1. The molecule has 0 saturated heterocycles. The number of nitrogens with zero attached hydrogens (tertiary/aromatic N) is 5. The first-order chi connectivity index (χ1) is 11.9. The van der Waals surface area contributed by atoms with Gasteiger partial charge >= 0.3 is 0 Å². The lowest BCUT2D eigenvalue weighted by molar-refractivity contribution is -0.118. The quantitative estimate of drug-likeness (QED) is 0.630. The third kappa shape index (κ3) is 3.90. The molecule has 0 bridgehead atoms. The average molecular weight is 362 g/mol. The standard InChI is InChI=1S/C15H18N6O3S/c1-8-6-10(9(2)23-8)14-19-18-13(24-14)7-25-15-20-17-12(21(15)3)5-4-11(16)22/h6H,4-5,7H2,1-3H3,(H2,16,22). The Balaban J connectivity index is 1.65. The van der Waals surface area contributed by atoms with E-state index in [0.717, 1.165) is 17.1 Å². The number of aryl methyl sites for hydroxylation is 3. The Morgan fingerprint density at radius 2 is 2.04 bits per heavy atom. The smallest absolute Gasteiger partial charge is 0.251 e. The molecule has 0 spiro atoms. The van der Waals surface area contributed by atoms with Crippen molar-refractivity contribution in [1.29, 1.82) is 0 Å². The summed E-state index contributed by atoms with van der Waals surface area (Å²) in [7, 11) is 1.84. The highest BCUT2D eigenvalue weighted by molar-refractivity contribution is 7.98. The molecule has 0 fully saturated rings. The van der Waals surface area contributed by atoms with Crippen LogP contribution in [0.3, 0.4) is 0 Å². The Hall–Kier alpha value is -2.62. The van der Waals surface area contributed by atoms with Crippen molar-refractivity contribution in [3.8, 4) is 11.5 Å². The van der Waals surface area contributed by atoms with Crippen LogP contribution in [0.5, 0.6) is 0 Å². The summed E-state index contributed by atoms with van der Waals surface area (Å²) >= 11 is 1.43. The molecule has 3 rings (SSSR count). The van der Waals surface area contributed by atoms with Crippen molar-refractivity contribution in [2.45, 2.75) is 37.6 Å². The van der Waals surface area contributed by atoms with Crippen molar-refractivity contribution >= 4 is 17.7 Å². The van der Waals surface area contributed by atoms with E-state index in [-0.39, 0.29) is 12.3 Å². The zero-order valence-electron chi connectivity index (χ0n) is 14.1. The number of rotatable bonds is 7. The minimum atomic E-state index is -0.361. The van der Waals surface area contributed by atoms with E-state index in [2.05, 4.69) is 20.4 Å². The molecule has 0 atom stereocenters. The molecule has 3 heterocycles. The van der Waals surface area contributed by atoms with E-state index in [1.54, 1.807) is 0 Å². The van der Waals surface area contributed by atoms with E-state index in [4.69, 9.17) is 14.6 Å². The van der Waals surface area contributed by atoms with Crippen molar-refractivity contribution in [3.63, 3.8) is 0 Å². The Labute approximate surface area is 148 Å². The predicted octanol–water partition coefficient (Wildman–Crippen LogP) is 1.79. The zero-order valence-corrected chi connectivity index (χ0v) is 15.0. The summed E-state index contributed by atoms with van der Waals surface area (Å²) in [5.74, 6) is 3.27. The third-order valence-electron chi connectivity index (χ3n) is 3.58. The van der Waals surface area contributed by atoms with Crippen molar-refractivity contribution in [3.05, 3.63) is 29.3 Å². The van der Waals surface area contributed by atoms with Crippen LogP contribution >= 0.6 is 11.8 Å². The minimum absolute atomic E-state index is 0.243. The van der Waals surface area contributed by atoms with Crippen LogP contribution in [-0.2, 0) is 24.0 Å². The largest absolute Gasteiger partial charge is 0.466 e. The second kappa shape index (κ2) is 7.09. The number of aromatic nitrogens is 5. The normalized spacial score (nSPS) is 11.2. The maximum Gasteiger partial charge on any atom is 0.251 e. The second-order valence-corrected chi connectivity index (χ2v) is 6.48. The number of amides is 1. The Morgan fingerprint density at radius 1 is 1.24 bits per heavy atom. The van der Waals surface area contributed by atoms with E-state index in [0.29, 0.717) is 34.9 Å². The monoisotopic (exact) mass is 362 g/mol. The second-order valence-electron chi connectivity index (χ2n) is 5.54. The van der Waals surface area contributed by atoms with E-state index in [9.17, 15) is 4.79 Å². The lowest BCUT2D eigenvalue weighted by Gasteiger charge is -2.01. The summed E-state index contributed by atoms with van der Waals surface area (Å²) in [6, 6.07) is 1.87. The van der Waals surface area contributed by atoms with E-state index >= 15 is 0 Å². The van der Waals surface area contributed by atoms with Gasteiger partial charge in [0.05, 0.1) is 11.3 Å². The van der Waals surface area contributed by atoms with Crippen LogP contribution in [0.1, 0.15) is 29.7 Å². The fourth-order valence-corrected chi connectivity index (χ4v) is 3.08. The number of hydrogen-bond donors (Lipinski definition) is 1. The van der Waals surface area contributed by atoms with E-state index < -0.39 is 0 Å². The van der Waals surface area contributed by atoms with Gasteiger partial charge in [-0.2, -0.15) is 0 Å². The van der Waals surface area contributed by atoms with Crippen molar-refractivity contribution < 1.29 is 13.6 Å². The summed E-state index contributed by atoms with van der Waals surface area (Å²) < 4.78 is 13.0. The van der Waals surface area contributed by atoms with Crippen molar-refractivity contribution in [2.24, 2.45) is 12.8 Å². The minimum Gasteiger partial charge on any atom is -0.466 e. The topological polar surface area (TPSA) is 126 Å². The average Bonchev–Trinajstić information content (AvgIpc) is 3.23. The van der Waals surface area contributed by atoms with Gasteiger partial charge in [-0.05, 0) is 19.9 Å². The Bertz CT molecular complexity index is 897. The molecule has 0 aliphatic carbocycles. The van der Waals surface area contributed by atoms with Crippen LogP contribution < -0.4 is 5.73 Å². The molecule has 0 unspecified atom stereocenters. The molecule has 0 saturated carbocycles. The number of nitrogens with two attached hydrogens (primary N) is 1. The Morgan fingerprint density at radius 3 is 2.72 bits per heavy atom. The number of carbonyl (C=O) groups is 1. The molecule has 132 valence electrons. The summed E-state index contributed by atoms with van der Waals surface area (Å²) in [4.78, 5) is 10.9. The van der Waals surface area contributed by atoms with Gasteiger partial charge in [-0.3, -0.25) is 4.79 Å². The first kappa shape index (κ1) is 17.2. The lowest BCUT2D eigenvalue weighted by atomic mass is 10.2. The fraction of sp³-hybridized carbons (Fsp3) is 0.400. The van der Waals surface area contributed by atoms with Crippen LogP contribution in [0.15, 0.2) is 20.1 Å². The van der Waals surface area contributed by atoms with Gasteiger partial charge in [0.1, 0.15) is 17.3 Å². The predicted molar refractivity (Wildman–Crippen MR) is 89.6 cm³/mol. The number of primary amides is 1. The number of hydrogen-bond acceptors (Lipinski definition) is 8. The van der Waals surface area contributed by atoms with Crippen molar-refractivity contribution in [2.75, 3.05) is 0 Å². The molecule has 3 aromatic rings. The molecule has 0 aliphatic heterocycles. The van der Waals surface area contributed by atoms with Gasteiger partial charge in [-0.15, -0.1) is 20.4 Å². The first-order valence-electron chi connectivity index (χ1n) is 7.63. The van der Waals surface area contributed by atoms with E-state index in [1.807, 2.05) is 31.5 Å². The van der Waals surface area contributed by atoms with Crippen LogP contribution in [-0.4, -0.2) is 30.9 Å². The number of furan rings is 1. The van der Waals surface area contributed by atoms with Crippen LogP contribution in [0, 0.1) is 13.8 Å². The molecule has 1 amide bonds. The van der Waals surface area contributed by atoms with Crippen molar-refractivity contribution in [1.82, 2.24) is 25.0 Å². The highest BCUT2D eigenvalue weighted by Crippen LogP contribution is 2.27. The molecular formula is C15H18N6O3S. The summed E-state index contributed by atoms with van der Waals surface area (Å²) in [5, 5.41) is 17.0. The molecule has 2 N–H and O–H groups in total. The Kier molecular flexibility index (Phi) is 4.88. The molecule has 0 aliphatic rings. The summed E-state index contributed by atoms with van der Waals surface area (Å²) in [6.07, 6.45) is 0.705. The molecular weight excluding hydrogens is 344 g/mol. The van der Waals surface area contributed by atoms with Gasteiger partial charge in [0.15, 0.2) is 5.16 Å². The van der Waals surface area contributed by atoms with Crippen LogP contribution in [0.2, 0.25) is 0 Å². The maximum atomic E-state index is 10.9. The molecule has 0 radical (unpaired) electrons. The number of carbonyl (C=O) groups excluding carboxylic acids is 1. The molecule has 25 heavy (non-hydrogen) atoms. The lowest BCUT2D eigenvalue weighted by Crippen LogP contribution is -2.12. The highest BCUT2D eigenvalue weighted by Gasteiger charge is 2.16. The van der Waals surface area contributed by atoms with Gasteiger partial charge in [0, 0.05) is 19.9 Å². The molecule has 10 heteroatoms. The third-order valence-corrected chi connectivity index (χ3v) is 4.59. The maximum absolute atomic E-state index is 10.9. The molecule has 0 aromatic carbocycles. The van der Waals surface area contributed by atoms with Gasteiger partial charge in [-0.1, -0.05) is 11.8 Å². The van der Waals surface area contributed by atoms with Crippen LogP contribution in [0.4, 0.5) is 0 Å². The highest BCUT2D eigenvalue weighted by atomic mass is 32.2. The molecule has 9 nitrogen and oxygen atoms in total. The van der Waals surface area contributed by atoms with Gasteiger partial charge in [0.25, 0.3) is 5.89 Å².